The SMILES string of the molecule is [C-]#[N+]c1ccc2c(c1)C(c1ccc(CN3CCOCC3)cn1)=C(O)C2. The van der Waals surface area contributed by atoms with E-state index in [0.29, 0.717) is 17.9 Å². The van der Waals surface area contributed by atoms with Crippen molar-refractivity contribution in [1.29, 1.82) is 0 Å². The van der Waals surface area contributed by atoms with Gasteiger partial charge in [-0.05, 0) is 28.8 Å². The van der Waals surface area contributed by atoms with E-state index >= 15 is 0 Å². The molecule has 4 rings (SSSR count). The van der Waals surface area contributed by atoms with E-state index in [4.69, 9.17) is 11.3 Å². The molecule has 5 heteroatoms. The Labute approximate surface area is 147 Å². The second-order valence-corrected chi connectivity index (χ2v) is 6.39. The van der Waals surface area contributed by atoms with Gasteiger partial charge in [0.2, 0.25) is 0 Å². The number of aromatic nitrogens is 1. The maximum absolute atomic E-state index is 10.4. The van der Waals surface area contributed by atoms with Gasteiger partial charge in [-0.3, -0.25) is 9.88 Å². The van der Waals surface area contributed by atoms with Crippen LogP contribution in [0.3, 0.4) is 0 Å². The number of aliphatic hydroxyl groups excluding tert-OH is 1. The average molecular weight is 333 g/mol. The van der Waals surface area contributed by atoms with E-state index < -0.39 is 0 Å². The topological polar surface area (TPSA) is 50.0 Å². The normalized spacial score (nSPS) is 17.4. The van der Waals surface area contributed by atoms with Gasteiger partial charge in [-0.1, -0.05) is 18.2 Å². The summed E-state index contributed by atoms with van der Waals surface area (Å²) >= 11 is 0. The Kier molecular flexibility index (Phi) is 4.22. The van der Waals surface area contributed by atoms with Crippen molar-refractivity contribution < 1.29 is 9.84 Å². The third kappa shape index (κ3) is 3.14. The lowest BCUT2D eigenvalue weighted by Crippen LogP contribution is -2.35. The van der Waals surface area contributed by atoms with E-state index in [1.54, 1.807) is 6.07 Å². The molecule has 1 N–H and O–H groups in total. The first-order valence-corrected chi connectivity index (χ1v) is 8.43. The van der Waals surface area contributed by atoms with E-state index in [1.807, 2.05) is 24.4 Å². The number of hydrogen-bond donors (Lipinski definition) is 1. The van der Waals surface area contributed by atoms with Crippen LogP contribution in [0, 0.1) is 6.57 Å². The van der Waals surface area contributed by atoms with Crippen LogP contribution in [0.15, 0.2) is 42.3 Å². The Morgan fingerprint density at radius 1 is 1.20 bits per heavy atom. The molecule has 25 heavy (non-hydrogen) atoms. The molecule has 2 aliphatic rings. The number of ether oxygens (including phenoxy) is 1. The van der Waals surface area contributed by atoms with E-state index in [1.165, 1.54) is 0 Å². The first-order valence-electron chi connectivity index (χ1n) is 8.43. The molecule has 1 fully saturated rings. The van der Waals surface area contributed by atoms with E-state index in [9.17, 15) is 5.11 Å². The summed E-state index contributed by atoms with van der Waals surface area (Å²) < 4.78 is 5.38. The highest BCUT2D eigenvalue weighted by molar-refractivity contribution is 5.86. The van der Waals surface area contributed by atoms with Gasteiger partial charge in [-0.2, -0.15) is 0 Å². The smallest absolute Gasteiger partial charge is 0.187 e. The van der Waals surface area contributed by atoms with Crippen molar-refractivity contribution >= 4 is 11.3 Å². The second kappa shape index (κ2) is 6.67. The zero-order chi connectivity index (χ0) is 17.2. The van der Waals surface area contributed by atoms with Gasteiger partial charge in [-0.25, -0.2) is 4.85 Å². The van der Waals surface area contributed by atoms with Crippen LogP contribution in [0.5, 0.6) is 0 Å². The fourth-order valence-corrected chi connectivity index (χ4v) is 3.41. The van der Waals surface area contributed by atoms with Gasteiger partial charge >= 0.3 is 0 Å². The number of rotatable bonds is 3. The van der Waals surface area contributed by atoms with Crippen molar-refractivity contribution in [3.8, 4) is 0 Å². The quantitative estimate of drug-likeness (QED) is 0.875. The lowest BCUT2D eigenvalue weighted by atomic mass is 10.0. The molecule has 2 aromatic rings. The van der Waals surface area contributed by atoms with Gasteiger partial charge in [0.15, 0.2) is 5.69 Å². The molecule has 0 unspecified atom stereocenters. The number of hydrogen-bond acceptors (Lipinski definition) is 4. The third-order valence-corrected chi connectivity index (χ3v) is 4.73. The van der Waals surface area contributed by atoms with Crippen molar-refractivity contribution in [2.45, 2.75) is 13.0 Å². The fraction of sp³-hybridized carbons (Fsp3) is 0.300. The number of allylic oxidation sites excluding steroid dienone is 1. The number of morpholine rings is 1. The maximum atomic E-state index is 10.4. The molecule has 1 aromatic carbocycles. The number of nitrogens with zero attached hydrogens (tertiary/aromatic N) is 3. The Bertz CT molecular complexity index is 860. The number of benzene rings is 1. The summed E-state index contributed by atoms with van der Waals surface area (Å²) in [7, 11) is 0. The Morgan fingerprint density at radius 3 is 2.76 bits per heavy atom. The van der Waals surface area contributed by atoms with E-state index in [-0.39, 0.29) is 0 Å². The van der Waals surface area contributed by atoms with Crippen molar-refractivity contribution in [3.63, 3.8) is 0 Å². The summed E-state index contributed by atoms with van der Waals surface area (Å²) in [5.41, 5.74) is 5.19. The standard InChI is InChI=1S/C20H19N3O2/c1-21-16-4-3-15-10-19(24)20(17(15)11-16)18-5-2-14(12-22-18)13-23-6-8-25-9-7-23/h2-5,11-12,24H,6-10,13H2. The molecule has 2 heterocycles. The predicted molar refractivity (Wildman–Crippen MR) is 95.4 cm³/mol. The monoisotopic (exact) mass is 333 g/mol. The molecular weight excluding hydrogens is 314 g/mol. The van der Waals surface area contributed by atoms with Gasteiger partial charge in [0.1, 0.15) is 5.76 Å². The van der Waals surface area contributed by atoms with Gasteiger partial charge in [-0.15, -0.1) is 0 Å². The van der Waals surface area contributed by atoms with Gasteiger partial charge in [0.25, 0.3) is 0 Å². The first kappa shape index (κ1) is 15.8. The summed E-state index contributed by atoms with van der Waals surface area (Å²) in [6.45, 7) is 11.5. The molecule has 126 valence electrons. The number of pyridine rings is 1. The summed E-state index contributed by atoms with van der Waals surface area (Å²) in [4.78, 5) is 10.4. The van der Waals surface area contributed by atoms with E-state index in [2.05, 4.69) is 20.8 Å². The molecule has 0 atom stereocenters. The lowest BCUT2D eigenvalue weighted by Gasteiger charge is -2.26. The summed E-state index contributed by atoms with van der Waals surface area (Å²) in [6.07, 6.45) is 2.38. The minimum absolute atomic E-state index is 0.325. The first-order chi connectivity index (χ1) is 12.2. The number of aliphatic hydroxyl groups is 1. The highest BCUT2D eigenvalue weighted by Gasteiger charge is 2.23. The summed E-state index contributed by atoms with van der Waals surface area (Å²) in [5.74, 6) is 0.325. The molecular formula is C20H19N3O2. The maximum Gasteiger partial charge on any atom is 0.187 e. The highest BCUT2D eigenvalue weighted by Crippen LogP contribution is 2.37. The minimum atomic E-state index is 0.325. The second-order valence-electron chi connectivity index (χ2n) is 6.39. The molecule has 0 saturated carbocycles. The lowest BCUT2D eigenvalue weighted by molar-refractivity contribution is 0.0341. The van der Waals surface area contributed by atoms with Crippen LogP contribution in [0.1, 0.15) is 22.4 Å². The molecule has 5 nitrogen and oxygen atoms in total. The molecule has 1 aliphatic carbocycles. The van der Waals surface area contributed by atoms with Gasteiger partial charge < -0.3 is 9.84 Å². The van der Waals surface area contributed by atoms with Gasteiger partial charge in [0, 0.05) is 37.8 Å². The molecule has 0 radical (unpaired) electrons. The van der Waals surface area contributed by atoms with Crippen LogP contribution in [0.4, 0.5) is 5.69 Å². The summed E-state index contributed by atoms with van der Waals surface area (Å²) in [6, 6.07) is 9.57. The van der Waals surface area contributed by atoms with Crippen molar-refractivity contribution in [1.82, 2.24) is 9.88 Å². The summed E-state index contributed by atoms with van der Waals surface area (Å²) in [5, 5.41) is 10.4. The van der Waals surface area contributed by atoms with Crippen LogP contribution in [0.25, 0.3) is 10.4 Å². The minimum Gasteiger partial charge on any atom is -0.511 e. The Morgan fingerprint density at radius 2 is 2.04 bits per heavy atom. The number of fused-ring (bicyclic) bond motifs is 1. The molecule has 0 amide bonds. The van der Waals surface area contributed by atoms with Crippen molar-refractivity contribution in [2.24, 2.45) is 0 Å². The van der Waals surface area contributed by atoms with E-state index in [0.717, 1.165) is 60.8 Å². The third-order valence-electron chi connectivity index (χ3n) is 4.73. The molecule has 0 bridgehead atoms. The molecule has 1 aromatic heterocycles. The zero-order valence-electron chi connectivity index (χ0n) is 13.9. The predicted octanol–water partition coefficient (Wildman–Crippen LogP) is 3.34. The zero-order valence-corrected chi connectivity index (χ0v) is 13.9. The van der Waals surface area contributed by atoms with Gasteiger partial charge in [0.05, 0.1) is 25.5 Å². The fourth-order valence-electron chi connectivity index (χ4n) is 3.41. The highest BCUT2D eigenvalue weighted by atomic mass is 16.5. The van der Waals surface area contributed by atoms with Crippen LogP contribution in [-0.4, -0.2) is 41.3 Å². The Balaban J connectivity index is 1.58. The molecule has 1 saturated heterocycles. The largest absolute Gasteiger partial charge is 0.511 e. The van der Waals surface area contributed by atoms with Crippen molar-refractivity contribution in [3.05, 3.63) is 76.1 Å². The molecule has 1 aliphatic heterocycles. The van der Waals surface area contributed by atoms with Crippen LogP contribution in [0.2, 0.25) is 0 Å². The average Bonchev–Trinajstić information content (AvgIpc) is 2.98. The molecule has 0 spiro atoms. The Hall–Kier alpha value is -2.68. The van der Waals surface area contributed by atoms with Crippen LogP contribution >= 0.6 is 0 Å². The van der Waals surface area contributed by atoms with Crippen LogP contribution < -0.4 is 0 Å². The van der Waals surface area contributed by atoms with Crippen molar-refractivity contribution in [2.75, 3.05) is 26.3 Å². The van der Waals surface area contributed by atoms with Crippen LogP contribution in [-0.2, 0) is 17.7 Å².